The molecule has 1 atom stereocenters. The highest BCUT2D eigenvalue weighted by Gasteiger charge is 2.38. The predicted octanol–water partition coefficient (Wildman–Crippen LogP) is 2.92. The smallest absolute Gasteiger partial charge is 0.347 e. The minimum atomic E-state index is -4.33. The van der Waals surface area contributed by atoms with Crippen molar-refractivity contribution < 1.29 is 17.6 Å². The van der Waals surface area contributed by atoms with E-state index in [2.05, 4.69) is 0 Å². The SMILES string of the molecule is NCC(Cn1ccc2cc(F)ccc21)C(F)(F)F. The molecule has 0 saturated heterocycles. The van der Waals surface area contributed by atoms with Gasteiger partial charge < -0.3 is 10.3 Å². The maximum Gasteiger partial charge on any atom is 0.394 e. The molecule has 6 heteroatoms. The number of hydrogen-bond donors (Lipinski definition) is 1. The lowest BCUT2D eigenvalue weighted by Crippen LogP contribution is -2.33. The van der Waals surface area contributed by atoms with Crippen molar-refractivity contribution in [2.75, 3.05) is 6.54 Å². The van der Waals surface area contributed by atoms with Gasteiger partial charge in [0.2, 0.25) is 0 Å². The second kappa shape index (κ2) is 4.61. The molecule has 0 fully saturated rings. The molecule has 0 amide bonds. The molecule has 1 aromatic heterocycles. The van der Waals surface area contributed by atoms with E-state index in [1.165, 1.54) is 29.0 Å². The summed E-state index contributed by atoms with van der Waals surface area (Å²) in [4.78, 5) is 0. The molecule has 2 nitrogen and oxygen atoms in total. The third-order valence-corrected chi connectivity index (χ3v) is 2.90. The van der Waals surface area contributed by atoms with E-state index in [0.717, 1.165) is 0 Å². The molecule has 2 aromatic rings. The van der Waals surface area contributed by atoms with Gasteiger partial charge in [-0.3, -0.25) is 0 Å². The van der Waals surface area contributed by atoms with Gasteiger partial charge in [-0.1, -0.05) is 0 Å². The van der Waals surface area contributed by atoms with Crippen molar-refractivity contribution in [1.82, 2.24) is 4.57 Å². The number of alkyl halides is 3. The van der Waals surface area contributed by atoms with Crippen LogP contribution in [0.1, 0.15) is 0 Å². The van der Waals surface area contributed by atoms with Crippen molar-refractivity contribution in [3.63, 3.8) is 0 Å². The first-order chi connectivity index (χ1) is 8.41. The van der Waals surface area contributed by atoms with E-state index in [0.29, 0.717) is 10.9 Å². The summed E-state index contributed by atoms with van der Waals surface area (Å²) in [7, 11) is 0. The van der Waals surface area contributed by atoms with Gasteiger partial charge in [-0.25, -0.2) is 4.39 Å². The van der Waals surface area contributed by atoms with Gasteiger partial charge >= 0.3 is 6.18 Å². The fraction of sp³-hybridized carbons (Fsp3) is 0.333. The number of benzene rings is 1. The lowest BCUT2D eigenvalue weighted by molar-refractivity contribution is -0.174. The zero-order chi connectivity index (χ0) is 13.3. The van der Waals surface area contributed by atoms with Gasteiger partial charge in [0.25, 0.3) is 0 Å². The summed E-state index contributed by atoms with van der Waals surface area (Å²) in [5.41, 5.74) is 5.72. The van der Waals surface area contributed by atoms with Crippen molar-refractivity contribution in [3.8, 4) is 0 Å². The van der Waals surface area contributed by atoms with Crippen LogP contribution in [0.25, 0.3) is 10.9 Å². The molecular weight excluding hydrogens is 248 g/mol. The molecule has 0 aliphatic heterocycles. The normalized spacial score (nSPS) is 14.1. The van der Waals surface area contributed by atoms with Gasteiger partial charge in [0.1, 0.15) is 5.82 Å². The molecule has 1 unspecified atom stereocenters. The lowest BCUT2D eigenvalue weighted by Gasteiger charge is -2.19. The van der Waals surface area contributed by atoms with E-state index in [4.69, 9.17) is 5.73 Å². The monoisotopic (exact) mass is 260 g/mol. The average Bonchev–Trinajstić information content (AvgIpc) is 2.66. The van der Waals surface area contributed by atoms with Crippen LogP contribution >= 0.6 is 0 Å². The van der Waals surface area contributed by atoms with E-state index >= 15 is 0 Å². The van der Waals surface area contributed by atoms with Gasteiger partial charge in [0.05, 0.1) is 5.92 Å². The van der Waals surface area contributed by atoms with Crippen LogP contribution in [-0.2, 0) is 6.54 Å². The van der Waals surface area contributed by atoms with Gasteiger partial charge in [-0.05, 0) is 24.3 Å². The molecule has 98 valence electrons. The molecule has 2 N–H and O–H groups in total. The lowest BCUT2D eigenvalue weighted by atomic mass is 10.1. The van der Waals surface area contributed by atoms with Gasteiger partial charge in [-0.2, -0.15) is 13.2 Å². The van der Waals surface area contributed by atoms with Crippen LogP contribution in [0.15, 0.2) is 30.5 Å². The topological polar surface area (TPSA) is 30.9 Å². The quantitative estimate of drug-likeness (QED) is 0.845. The van der Waals surface area contributed by atoms with Crippen LogP contribution in [0.3, 0.4) is 0 Å². The molecule has 0 aliphatic carbocycles. The summed E-state index contributed by atoms with van der Waals surface area (Å²) < 4.78 is 52.3. The van der Waals surface area contributed by atoms with Crippen molar-refractivity contribution in [1.29, 1.82) is 0 Å². The Hall–Kier alpha value is -1.56. The zero-order valence-corrected chi connectivity index (χ0v) is 9.41. The third-order valence-electron chi connectivity index (χ3n) is 2.90. The summed E-state index contributed by atoms with van der Waals surface area (Å²) in [5, 5.41) is 0.577. The molecule has 0 saturated carbocycles. The Morgan fingerprint density at radius 2 is 1.94 bits per heavy atom. The second-order valence-corrected chi connectivity index (χ2v) is 4.15. The maximum atomic E-state index is 13.0. The Kier molecular flexibility index (Phi) is 3.30. The van der Waals surface area contributed by atoms with Crippen LogP contribution in [0.4, 0.5) is 17.6 Å². The number of rotatable bonds is 3. The van der Waals surface area contributed by atoms with Crippen LogP contribution in [-0.4, -0.2) is 17.3 Å². The highest BCUT2D eigenvalue weighted by atomic mass is 19.4. The average molecular weight is 260 g/mol. The number of fused-ring (bicyclic) bond motifs is 1. The van der Waals surface area contributed by atoms with E-state index in [9.17, 15) is 17.6 Å². The molecule has 1 aromatic carbocycles. The summed E-state index contributed by atoms with van der Waals surface area (Å²) >= 11 is 0. The Bertz CT molecular complexity index is 544. The van der Waals surface area contributed by atoms with Crippen LogP contribution in [0.5, 0.6) is 0 Å². The molecule has 0 aliphatic rings. The van der Waals surface area contributed by atoms with E-state index in [-0.39, 0.29) is 6.54 Å². The number of hydrogen-bond acceptors (Lipinski definition) is 1. The van der Waals surface area contributed by atoms with Crippen molar-refractivity contribution in [3.05, 3.63) is 36.3 Å². The van der Waals surface area contributed by atoms with Crippen molar-refractivity contribution >= 4 is 10.9 Å². The second-order valence-electron chi connectivity index (χ2n) is 4.15. The molecule has 0 radical (unpaired) electrons. The van der Waals surface area contributed by atoms with Crippen LogP contribution < -0.4 is 5.73 Å². The Morgan fingerprint density at radius 3 is 2.56 bits per heavy atom. The third kappa shape index (κ3) is 2.48. The molecule has 1 heterocycles. The number of halogens is 4. The number of aromatic nitrogens is 1. The highest BCUT2D eigenvalue weighted by molar-refractivity contribution is 5.80. The molecular formula is C12H12F4N2. The summed E-state index contributed by atoms with van der Waals surface area (Å²) in [5.74, 6) is -2.01. The first-order valence-electron chi connectivity index (χ1n) is 5.43. The van der Waals surface area contributed by atoms with Gasteiger partial charge in [0, 0.05) is 30.2 Å². The minimum absolute atomic E-state index is 0.255. The molecule has 18 heavy (non-hydrogen) atoms. The fourth-order valence-corrected chi connectivity index (χ4v) is 1.88. The molecule has 0 spiro atoms. The van der Waals surface area contributed by atoms with E-state index in [1.807, 2.05) is 0 Å². The number of nitrogens with two attached hydrogens (primary N) is 1. The molecule has 0 bridgehead atoms. The fourth-order valence-electron chi connectivity index (χ4n) is 1.88. The van der Waals surface area contributed by atoms with E-state index < -0.39 is 24.5 Å². The summed E-state index contributed by atoms with van der Waals surface area (Å²) in [6, 6.07) is 5.57. The standard InChI is InChI=1S/C12H12F4N2/c13-10-1-2-11-8(5-10)3-4-18(11)7-9(6-17)12(14,15)16/h1-5,9H,6-7,17H2. The summed E-state index contributed by atoms with van der Waals surface area (Å²) in [6.45, 7) is -0.723. The summed E-state index contributed by atoms with van der Waals surface area (Å²) in [6.07, 6.45) is -2.82. The Labute approximate surface area is 101 Å². The molecule has 2 rings (SSSR count). The largest absolute Gasteiger partial charge is 0.394 e. The van der Waals surface area contributed by atoms with Gasteiger partial charge in [-0.15, -0.1) is 0 Å². The van der Waals surface area contributed by atoms with E-state index in [1.54, 1.807) is 6.07 Å². The Morgan fingerprint density at radius 1 is 1.22 bits per heavy atom. The first kappa shape index (κ1) is 12.9. The maximum absolute atomic E-state index is 13.0. The van der Waals surface area contributed by atoms with Crippen molar-refractivity contribution in [2.45, 2.75) is 12.7 Å². The van der Waals surface area contributed by atoms with Crippen molar-refractivity contribution in [2.24, 2.45) is 11.7 Å². The minimum Gasteiger partial charge on any atom is -0.347 e. The van der Waals surface area contributed by atoms with Gasteiger partial charge in [0.15, 0.2) is 0 Å². The Balaban J connectivity index is 2.32. The van der Waals surface area contributed by atoms with Crippen LogP contribution in [0, 0.1) is 11.7 Å². The number of nitrogens with zero attached hydrogens (tertiary/aromatic N) is 1. The zero-order valence-electron chi connectivity index (χ0n) is 9.41. The first-order valence-corrected chi connectivity index (χ1v) is 5.43. The predicted molar refractivity (Wildman–Crippen MR) is 60.5 cm³/mol. The highest BCUT2D eigenvalue weighted by Crippen LogP contribution is 2.28. The van der Waals surface area contributed by atoms with Crippen LogP contribution in [0.2, 0.25) is 0 Å².